The van der Waals surface area contributed by atoms with Gasteiger partial charge in [-0.05, 0) is 0 Å². The van der Waals surface area contributed by atoms with Gasteiger partial charge in [0.15, 0.2) is 12.6 Å². The summed E-state index contributed by atoms with van der Waals surface area (Å²) in [6.07, 6.45) is -19.4. The summed E-state index contributed by atoms with van der Waals surface area (Å²) in [5.41, 5.74) is 0. The van der Waals surface area contributed by atoms with E-state index in [1.54, 1.807) is 0 Å². The van der Waals surface area contributed by atoms with E-state index in [0.29, 0.717) is 0 Å². The first-order valence-corrected chi connectivity index (χ1v) is 10.6. The molecule has 17 heteroatoms. The molecule has 0 amide bonds. The summed E-state index contributed by atoms with van der Waals surface area (Å²) in [5.74, 6) is -2.22. The molecule has 0 aromatic carbocycles. The first-order valence-electron chi connectivity index (χ1n) is 10.6. The van der Waals surface area contributed by atoms with Gasteiger partial charge >= 0.3 is 0 Å². The van der Waals surface area contributed by atoms with Gasteiger partial charge in [0.05, 0.1) is 19.8 Å². The molecular formula is C18H34O17. The topological polar surface area (TPSA) is 300 Å². The normalized spacial score (nSPS) is 48.9. The van der Waals surface area contributed by atoms with Crippen molar-refractivity contribution < 1.29 is 85.3 Å². The second-order valence-electron chi connectivity index (χ2n) is 8.28. The second kappa shape index (κ2) is 12.7. The molecule has 13 N–H and O–H groups in total. The van der Waals surface area contributed by atoms with Crippen LogP contribution in [0.5, 0.6) is 0 Å². The Morgan fingerprint density at radius 2 is 1.29 bits per heavy atom. The van der Waals surface area contributed by atoms with E-state index in [1.807, 2.05) is 0 Å². The number of rotatable bonds is 7. The van der Waals surface area contributed by atoms with Crippen molar-refractivity contribution in [1.29, 1.82) is 0 Å². The Morgan fingerprint density at radius 3 is 1.71 bits per heavy atom. The summed E-state index contributed by atoms with van der Waals surface area (Å²) in [6, 6.07) is 0. The molecule has 35 heavy (non-hydrogen) atoms. The van der Waals surface area contributed by atoms with Crippen molar-refractivity contribution in [1.82, 2.24) is 0 Å². The average molecular weight is 522 g/mol. The molecule has 1 unspecified atom stereocenters. The highest BCUT2D eigenvalue weighted by Crippen LogP contribution is 2.35. The number of hydrogen-bond acceptors (Lipinski definition) is 17. The molecule has 3 saturated heterocycles. The molecule has 3 aliphatic rings. The van der Waals surface area contributed by atoms with E-state index in [2.05, 4.69) is 4.74 Å². The van der Waals surface area contributed by atoms with Gasteiger partial charge in [-0.2, -0.15) is 0 Å². The molecule has 0 bridgehead atoms. The number of aliphatic hydroxyl groups is 13. The summed E-state index contributed by atoms with van der Waals surface area (Å²) in [5, 5.41) is 121. The lowest BCUT2D eigenvalue weighted by molar-refractivity contribution is -0.383. The predicted molar refractivity (Wildman–Crippen MR) is 105 cm³/mol. The van der Waals surface area contributed by atoms with Crippen LogP contribution in [0.2, 0.25) is 0 Å². The lowest BCUT2D eigenvalue weighted by Gasteiger charge is -2.43. The van der Waals surface area contributed by atoms with Gasteiger partial charge in [0, 0.05) is 0 Å². The van der Waals surface area contributed by atoms with Gasteiger partial charge in [-0.25, -0.2) is 0 Å². The number of ether oxygens (including phenoxy) is 4. The molecule has 3 aliphatic heterocycles. The fourth-order valence-electron chi connectivity index (χ4n) is 3.74. The summed E-state index contributed by atoms with van der Waals surface area (Å²) < 4.78 is 20.0. The maximum absolute atomic E-state index is 10.00. The van der Waals surface area contributed by atoms with E-state index in [1.165, 1.54) is 0 Å². The molecule has 0 radical (unpaired) electrons. The monoisotopic (exact) mass is 522 g/mol. The molecule has 0 aliphatic carbocycles. The van der Waals surface area contributed by atoms with E-state index >= 15 is 0 Å². The van der Waals surface area contributed by atoms with Crippen molar-refractivity contribution in [3.63, 3.8) is 0 Å². The van der Waals surface area contributed by atoms with E-state index in [4.69, 9.17) is 50.0 Å². The summed E-state index contributed by atoms with van der Waals surface area (Å²) in [4.78, 5) is 0. The Bertz CT molecular complexity index is 640. The Hall–Kier alpha value is -0.680. The van der Waals surface area contributed by atoms with Gasteiger partial charge in [0.25, 0.3) is 0 Å². The van der Waals surface area contributed by atoms with Crippen molar-refractivity contribution >= 4 is 0 Å². The number of aliphatic hydroxyl groups excluding tert-OH is 13. The van der Waals surface area contributed by atoms with E-state index in [-0.39, 0.29) is 0 Å². The summed E-state index contributed by atoms with van der Waals surface area (Å²) in [7, 11) is 0. The van der Waals surface area contributed by atoms with Crippen LogP contribution in [-0.4, -0.2) is 178 Å². The third kappa shape index (κ3) is 6.25. The molecule has 208 valence electrons. The van der Waals surface area contributed by atoms with Gasteiger partial charge in [0.2, 0.25) is 5.79 Å². The maximum atomic E-state index is 10.00. The van der Waals surface area contributed by atoms with Crippen molar-refractivity contribution in [2.75, 3.05) is 26.4 Å². The van der Waals surface area contributed by atoms with Gasteiger partial charge in [0.1, 0.15) is 73.8 Å². The van der Waals surface area contributed by atoms with Crippen LogP contribution < -0.4 is 0 Å². The van der Waals surface area contributed by atoms with Crippen LogP contribution in [0.15, 0.2) is 0 Å². The number of hydrogen-bond donors (Lipinski definition) is 13. The van der Waals surface area contributed by atoms with E-state index < -0.39 is 112 Å². The molecular weight excluding hydrogens is 488 g/mol. The summed E-state index contributed by atoms with van der Waals surface area (Å²) >= 11 is 0. The average Bonchev–Trinajstić information content (AvgIpc) is 3.26. The van der Waals surface area contributed by atoms with E-state index in [0.717, 1.165) is 0 Å². The fourth-order valence-corrected chi connectivity index (χ4v) is 3.74. The van der Waals surface area contributed by atoms with Crippen LogP contribution in [0.4, 0.5) is 0 Å². The van der Waals surface area contributed by atoms with Crippen LogP contribution >= 0.6 is 0 Å². The molecule has 3 fully saturated rings. The zero-order valence-electron chi connectivity index (χ0n) is 18.3. The lowest BCUT2D eigenvalue weighted by Crippen LogP contribution is -2.62. The molecule has 14 atom stereocenters. The van der Waals surface area contributed by atoms with Crippen molar-refractivity contribution in [2.24, 2.45) is 0 Å². The van der Waals surface area contributed by atoms with Gasteiger partial charge in [-0.15, -0.1) is 0 Å². The third-order valence-corrected chi connectivity index (χ3v) is 5.91. The highest BCUT2D eigenvalue weighted by atomic mass is 16.8. The fraction of sp³-hybridized carbons (Fsp3) is 1.00. The smallest absolute Gasteiger partial charge is 0.224 e. The highest BCUT2D eigenvalue weighted by Gasteiger charge is 2.58. The molecule has 17 nitrogen and oxygen atoms in total. The van der Waals surface area contributed by atoms with Crippen molar-refractivity contribution in [2.45, 2.75) is 85.5 Å². The lowest BCUT2D eigenvalue weighted by atomic mass is 9.99. The van der Waals surface area contributed by atoms with Crippen molar-refractivity contribution in [3.05, 3.63) is 0 Å². The molecule has 3 heterocycles. The van der Waals surface area contributed by atoms with Crippen LogP contribution in [0.1, 0.15) is 0 Å². The van der Waals surface area contributed by atoms with Crippen LogP contribution in [0, 0.1) is 0 Å². The molecule has 0 spiro atoms. The maximum Gasteiger partial charge on any atom is 0.224 e. The zero-order chi connectivity index (χ0) is 26.7. The summed E-state index contributed by atoms with van der Waals surface area (Å²) in [6.45, 7) is -2.92. The quantitative estimate of drug-likeness (QED) is 0.148. The molecule has 0 saturated carbocycles. The zero-order valence-corrected chi connectivity index (χ0v) is 18.3. The molecule has 3 rings (SSSR count). The molecule has 0 aromatic heterocycles. The second-order valence-corrected chi connectivity index (χ2v) is 8.28. The Balaban J connectivity index is 0.000000303. The van der Waals surface area contributed by atoms with E-state index in [9.17, 15) is 30.6 Å². The Kier molecular flexibility index (Phi) is 11.1. The van der Waals surface area contributed by atoms with Gasteiger partial charge in [-0.3, -0.25) is 0 Å². The van der Waals surface area contributed by atoms with Crippen LogP contribution in [0.3, 0.4) is 0 Å². The standard InChI is InChI=1S/C12H22O11.C6H12O6/c13-1-4-6(16)8(18)9(19)11(21-4)23-12(3-15)10(20)7(17)5(2-14)22-12;7-1-2(8)5-3(9)4(10)6(11)12-5/h4-11,13-20H,1-3H2;2-11H,1H2/t4-,5-,6-,7-,8+,9-,10+,11-,12+;2-,3-,4-,5-,6?/m11/s1. The van der Waals surface area contributed by atoms with Crippen molar-refractivity contribution in [3.8, 4) is 0 Å². The minimum Gasteiger partial charge on any atom is -0.394 e. The largest absolute Gasteiger partial charge is 0.394 e. The Labute approximate surface area is 198 Å². The van der Waals surface area contributed by atoms with Crippen LogP contribution in [0.25, 0.3) is 0 Å². The van der Waals surface area contributed by atoms with Gasteiger partial charge in [-0.1, -0.05) is 0 Å². The predicted octanol–water partition coefficient (Wildman–Crippen LogP) is -8.62. The first kappa shape index (κ1) is 30.5. The first-order chi connectivity index (χ1) is 16.4. The SMILES string of the molecule is OC[C@@H](O)[C@H]1OC(O)[C@H](O)[C@H]1O.OC[C@H]1O[C@@](CO)(O[C@H]2O[C@H](CO)[C@@H](O)[C@H](O)[C@H]2O)[C@@H](O)[C@@H]1O. The molecule has 0 aromatic rings. The Morgan fingerprint density at radius 1 is 0.686 bits per heavy atom. The minimum atomic E-state index is -2.22. The minimum absolute atomic E-state index is 0.596. The van der Waals surface area contributed by atoms with Crippen LogP contribution in [-0.2, 0) is 18.9 Å². The highest BCUT2D eigenvalue weighted by molar-refractivity contribution is 4.98. The third-order valence-electron chi connectivity index (χ3n) is 5.91. The van der Waals surface area contributed by atoms with Gasteiger partial charge < -0.3 is 85.3 Å².